The molecule has 402 valence electrons. The average Bonchev–Trinajstić information content (AvgIpc) is 3.40. The third-order valence-electron chi connectivity index (χ3n) is 17.6. The number of hydrogen-bond acceptors (Lipinski definition) is 14. The molecule has 3 aliphatic carbocycles. The number of nitrogens with one attached hydrogen (secondary N) is 1. The summed E-state index contributed by atoms with van der Waals surface area (Å²) in [5, 5.41) is 17.5. The summed E-state index contributed by atoms with van der Waals surface area (Å²) in [6, 6.07) is 22.4. The van der Waals surface area contributed by atoms with Gasteiger partial charge in [-0.15, -0.1) is 0 Å². The van der Waals surface area contributed by atoms with Crippen molar-refractivity contribution >= 4 is 43.9 Å². The Labute approximate surface area is 441 Å². The minimum absolute atomic E-state index is 0.0683. The van der Waals surface area contributed by atoms with Crippen molar-refractivity contribution in [2.24, 2.45) is 22.7 Å². The normalized spacial score (nSPS) is 32.0. The first kappa shape index (κ1) is 55.3. The first-order valence-electron chi connectivity index (χ1n) is 26.2. The highest BCUT2D eigenvalue weighted by molar-refractivity contribution is 6.77. The number of rotatable bonds is 10. The van der Waals surface area contributed by atoms with Crippen LogP contribution in [0.2, 0.25) is 16.6 Å². The average molecular weight is 1050 g/mol. The van der Waals surface area contributed by atoms with Crippen molar-refractivity contribution in [2.75, 3.05) is 13.2 Å². The van der Waals surface area contributed by atoms with Crippen LogP contribution in [0.5, 0.6) is 5.75 Å². The van der Waals surface area contributed by atoms with Crippen LogP contribution in [0.25, 0.3) is 0 Å². The van der Waals surface area contributed by atoms with Gasteiger partial charge in [0, 0.05) is 41.4 Å². The lowest BCUT2D eigenvalue weighted by Crippen LogP contribution is -2.81. The number of carbonyl (C=O) groups is 6. The van der Waals surface area contributed by atoms with Crippen LogP contribution in [0.15, 0.2) is 108 Å². The third kappa shape index (κ3) is 9.37. The molecule has 3 fully saturated rings. The molecule has 1 amide bonds. The highest BCUT2D eigenvalue weighted by Gasteiger charge is 2.78. The van der Waals surface area contributed by atoms with E-state index in [9.17, 15) is 24.3 Å². The molecule has 75 heavy (non-hydrogen) atoms. The topological polar surface area (TPSA) is 199 Å². The van der Waals surface area contributed by atoms with Crippen molar-refractivity contribution in [1.29, 1.82) is 0 Å². The van der Waals surface area contributed by atoms with Gasteiger partial charge in [0.25, 0.3) is 5.91 Å². The molecule has 5 aliphatic rings. The van der Waals surface area contributed by atoms with E-state index in [0.29, 0.717) is 16.7 Å². The predicted molar refractivity (Wildman–Crippen MR) is 280 cm³/mol. The van der Waals surface area contributed by atoms with E-state index in [1.807, 2.05) is 6.92 Å². The fourth-order valence-corrected chi connectivity index (χ4v) is 19.1. The van der Waals surface area contributed by atoms with E-state index in [2.05, 4.69) is 46.9 Å². The largest absolute Gasteiger partial charge is 0.489 e. The molecule has 2 saturated carbocycles. The highest BCUT2D eigenvalue weighted by Crippen LogP contribution is 2.66. The standard InChI is InChI=1S/C59H73NO14Si/c1-33(2)75(34(3)4,35(5)6)74-49-47(60-53(64)39-22-15-13-16-23-39)41-26-19-20-27-42(41)68-29-21-28-45(62)73-58-32-69-44(58)30-36(7)57(12)50(58)52(72-54(65)40-24-17-14-18-25-40)59(67)31-43(71-55(49)66)37(8)46(56(59,10)11)48(51(57)63)70-38(9)61/h13-28,33-36,43-44,47-50,52,67H,29-32H2,1-12H3,(H,60,64)/b28-21+/t36-,43-,44+,47-,48+,49+,50-,52-,57+,58-,59+/m0/s1. The Kier molecular flexibility index (Phi) is 15.4. The van der Waals surface area contributed by atoms with Gasteiger partial charge in [0.1, 0.15) is 36.3 Å². The zero-order valence-electron chi connectivity index (χ0n) is 45.2. The molecule has 2 aliphatic heterocycles. The van der Waals surface area contributed by atoms with E-state index >= 15 is 9.59 Å². The lowest BCUT2D eigenvalue weighted by Gasteiger charge is -2.68. The third-order valence-corrected chi connectivity index (χ3v) is 23.7. The van der Waals surface area contributed by atoms with Gasteiger partial charge in [0.15, 0.2) is 23.6 Å². The Morgan fingerprint density at radius 2 is 1.43 bits per heavy atom. The number of para-hydroxylation sites is 1. The van der Waals surface area contributed by atoms with E-state index in [-0.39, 0.29) is 53.1 Å². The maximum Gasteiger partial charge on any atom is 0.338 e. The van der Waals surface area contributed by atoms with Gasteiger partial charge < -0.3 is 43.3 Å². The van der Waals surface area contributed by atoms with Crippen molar-refractivity contribution in [3.8, 4) is 5.75 Å². The first-order valence-corrected chi connectivity index (χ1v) is 28.4. The number of Topliss-reactive ketones (excluding diaryl/α,β-unsaturated/α-hetero) is 1. The van der Waals surface area contributed by atoms with E-state index in [0.717, 1.165) is 0 Å². The van der Waals surface area contributed by atoms with Gasteiger partial charge in [-0.05, 0) is 83.4 Å². The summed E-state index contributed by atoms with van der Waals surface area (Å²) in [6.45, 7) is 21.7. The summed E-state index contributed by atoms with van der Waals surface area (Å²) in [4.78, 5) is 89.5. The Hall–Kier alpha value is -5.94. The summed E-state index contributed by atoms with van der Waals surface area (Å²) in [6.07, 6.45) is -4.74. The number of aliphatic hydroxyl groups is 1. The fourth-order valence-electron chi connectivity index (χ4n) is 13.6. The van der Waals surface area contributed by atoms with Gasteiger partial charge in [0.05, 0.1) is 24.1 Å². The van der Waals surface area contributed by atoms with Crippen molar-refractivity contribution in [3.63, 3.8) is 0 Å². The maximum absolute atomic E-state index is 16.2. The minimum atomic E-state index is -3.13. The zero-order chi connectivity index (χ0) is 54.6. The van der Waals surface area contributed by atoms with Crippen LogP contribution < -0.4 is 10.1 Å². The Bertz CT molecular complexity index is 2730. The number of hydrogen-bond donors (Lipinski definition) is 2. The molecule has 0 unspecified atom stereocenters. The van der Waals surface area contributed by atoms with Crippen LogP contribution in [0, 0.1) is 22.7 Å². The number of fused-ring (bicyclic) bond motifs is 3. The van der Waals surface area contributed by atoms with Crippen molar-refractivity contribution < 1.29 is 66.7 Å². The van der Waals surface area contributed by atoms with Crippen molar-refractivity contribution in [2.45, 2.75) is 160 Å². The van der Waals surface area contributed by atoms with Gasteiger partial charge in [-0.1, -0.05) is 124 Å². The Morgan fingerprint density at radius 3 is 2.01 bits per heavy atom. The number of carbonyl (C=O) groups excluding carboxylic acids is 6. The number of esters is 4. The zero-order valence-corrected chi connectivity index (χ0v) is 46.2. The lowest BCUT2D eigenvalue weighted by molar-refractivity contribution is -0.339. The molecule has 15 nitrogen and oxygen atoms in total. The molecule has 4 bridgehead atoms. The highest BCUT2D eigenvalue weighted by atomic mass is 28.4. The molecule has 0 radical (unpaired) electrons. The van der Waals surface area contributed by atoms with Gasteiger partial charge in [-0.3, -0.25) is 14.4 Å². The van der Waals surface area contributed by atoms with Crippen LogP contribution in [0.4, 0.5) is 0 Å². The molecular weight excluding hydrogens is 975 g/mol. The smallest absolute Gasteiger partial charge is 0.338 e. The summed E-state index contributed by atoms with van der Waals surface area (Å²) in [7, 11) is -3.13. The van der Waals surface area contributed by atoms with E-state index in [4.69, 9.17) is 32.8 Å². The minimum Gasteiger partial charge on any atom is -0.489 e. The molecule has 1 spiro atoms. The molecule has 3 aromatic carbocycles. The van der Waals surface area contributed by atoms with Crippen LogP contribution in [-0.2, 0) is 47.3 Å². The van der Waals surface area contributed by atoms with E-state index < -0.39 is 121 Å². The SMILES string of the molecule is CC(=O)O[C@H]1C(=O)[C@@]2(C)[C@@H]3[C@H](OC(=O)c4ccccc4)[C@]4(O)C[C@H](OC(=O)[C@H](O[Si](C(C)C)(C(C)C)C(C)C)[C@@H](NC(=O)c5ccccc5)c5ccccc5OC/C=C/C(=O)O[C@]35CO[C@@H]5C[C@@H]2C)C(C)=C1C4(C)C. The molecule has 16 heteroatoms. The summed E-state index contributed by atoms with van der Waals surface area (Å²) in [5.74, 6) is -6.15. The van der Waals surface area contributed by atoms with E-state index in [1.54, 1.807) is 113 Å². The molecule has 2 heterocycles. The number of ketones is 1. The van der Waals surface area contributed by atoms with Gasteiger partial charge in [-0.2, -0.15) is 0 Å². The molecule has 2 N–H and O–H groups in total. The van der Waals surface area contributed by atoms with Crippen molar-refractivity contribution in [1.82, 2.24) is 5.32 Å². The number of benzene rings is 3. The summed E-state index contributed by atoms with van der Waals surface area (Å²) in [5.41, 5.74) is -6.20. The fraction of sp³-hybridized carbons (Fsp3) is 0.525. The van der Waals surface area contributed by atoms with Crippen LogP contribution in [-0.4, -0.2) is 104 Å². The second-order valence-electron chi connectivity index (χ2n) is 22.8. The van der Waals surface area contributed by atoms with Crippen LogP contribution in [0.1, 0.15) is 128 Å². The van der Waals surface area contributed by atoms with Gasteiger partial charge in [-0.25, -0.2) is 14.4 Å². The van der Waals surface area contributed by atoms with Crippen molar-refractivity contribution in [3.05, 3.63) is 125 Å². The molecular formula is C59H73NO14Si. The number of amides is 1. The molecule has 8 rings (SSSR count). The van der Waals surface area contributed by atoms with Gasteiger partial charge >= 0.3 is 23.9 Å². The Balaban J connectivity index is 1.43. The lowest BCUT2D eigenvalue weighted by atomic mass is 9.43. The Morgan fingerprint density at radius 1 is 0.827 bits per heavy atom. The quantitative estimate of drug-likeness (QED) is 0.0843. The van der Waals surface area contributed by atoms with Crippen LogP contribution >= 0.6 is 0 Å². The second-order valence-corrected chi connectivity index (χ2v) is 28.2. The molecule has 0 aromatic heterocycles. The molecule has 3 aromatic rings. The second kappa shape index (κ2) is 20.9. The summed E-state index contributed by atoms with van der Waals surface area (Å²) < 4.78 is 46.5. The maximum atomic E-state index is 16.2. The van der Waals surface area contributed by atoms with Crippen LogP contribution in [0.3, 0.4) is 0 Å². The molecule has 1 saturated heterocycles. The van der Waals surface area contributed by atoms with E-state index in [1.165, 1.54) is 19.1 Å². The monoisotopic (exact) mass is 1050 g/mol. The van der Waals surface area contributed by atoms with Gasteiger partial charge in [0.2, 0.25) is 8.32 Å². The first-order chi connectivity index (χ1) is 35.4. The number of ether oxygens (including phenoxy) is 6. The molecule has 11 atom stereocenters. The predicted octanol–water partition coefficient (Wildman–Crippen LogP) is 9.14. The summed E-state index contributed by atoms with van der Waals surface area (Å²) >= 11 is 0.